The molecular weight excluding hydrogens is 443 g/mol. The van der Waals surface area contributed by atoms with Crippen LogP contribution in [0.5, 0.6) is 5.75 Å². The Balaban J connectivity index is 0.0000102. The van der Waals surface area contributed by atoms with Crippen LogP contribution in [-0.2, 0) is 23.0 Å². The number of rotatable bonds is 20. The summed E-state index contributed by atoms with van der Waals surface area (Å²) in [4.78, 5) is 0. The Morgan fingerprint density at radius 1 is 0.727 bits per heavy atom. The quantitative estimate of drug-likeness (QED) is 0.148. The fourth-order valence-corrected chi connectivity index (χ4v) is 4.83. The van der Waals surface area contributed by atoms with E-state index in [0.717, 1.165) is 19.3 Å². The third-order valence-corrected chi connectivity index (χ3v) is 7.27. The van der Waals surface area contributed by atoms with E-state index in [1.54, 1.807) is 6.92 Å². The molecule has 1 unspecified atom stereocenters. The summed E-state index contributed by atoms with van der Waals surface area (Å²) in [5.74, 6) is 0.498. The van der Waals surface area contributed by atoms with Crippen LogP contribution in [0.15, 0.2) is 18.2 Å². The second-order valence-corrected chi connectivity index (χ2v) is 10.6. The molecule has 4 nitrogen and oxygen atoms in total. The molecule has 33 heavy (non-hydrogen) atoms. The molecular formula is C27H47NaO4S. The summed E-state index contributed by atoms with van der Waals surface area (Å²) in [6.45, 7) is 6.15. The number of unbranched alkanes of at least 4 members (excludes halogenated alkanes) is 12. The first-order chi connectivity index (χ1) is 15.4. The summed E-state index contributed by atoms with van der Waals surface area (Å²) < 4.78 is 39.9. The molecule has 0 aliphatic heterocycles. The second kappa shape index (κ2) is 20.2. The van der Waals surface area contributed by atoms with Gasteiger partial charge >= 0.3 is 29.6 Å². The maximum atomic E-state index is 11.4. The fraction of sp³-hybridized carbons (Fsp3) is 0.778. The van der Waals surface area contributed by atoms with E-state index < -0.39 is 15.6 Å². The molecule has 0 aliphatic rings. The number of benzene rings is 1. The predicted octanol–water partition coefficient (Wildman–Crippen LogP) is 4.94. The zero-order valence-electron chi connectivity index (χ0n) is 21.9. The zero-order valence-corrected chi connectivity index (χ0v) is 24.7. The average molecular weight is 491 g/mol. The van der Waals surface area contributed by atoms with Crippen molar-refractivity contribution in [2.75, 3.05) is 0 Å². The molecule has 6 heteroatoms. The SMILES string of the molecule is CCCCCCCCCc1ccc(OC(CC)S(=O)(=O)[O-])cc1CCCCCCCCC.[Na+]. The topological polar surface area (TPSA) is 66.4 Å². The summed E-state index contributed by atoms with van der Waals surface area (Å²) >= 11 is 0. The van der Waals surface area contributed by atoms with Crippen molar-refractivity contribution in [3.05, 3.63) is 29.3 Å². The molecule has 0 aliphatic carbocycles. The van der Waals surface area contributed by atoms with Gasteiger partial charge in [-0.2, -0.15) is 0 Å². The van der Waals surface area contributed by atoms with Crippen LogP contribution in [0.4, 0.5) is 0 Å². The van der Waals surface area contributed by atoms with Gasteiger partial charge in [-0.15, -0.1) is 0 Å². The standard InChI is InChI=1S/C27H48O4S.Na/c1-4-7-9-11-13-15-17-19-24-21-22-26(31-27(6-3)32(28,29)30)23-25(24)20-18-16-14-12-10-8-5-2;/h21-23,27H,4-20H2,1-3H3,(H,28,29,30);/q;+1/p-1. The van der Waals surface area contributed by atoms with Gasteiger partial charge in [0.05, 0.1) is 0 Å². The summed E-state index contributed by atoms with van der Waals surface area (Å²) in [6.07, 6.45) is 20.1. The van der Waals surface area contributed by atoms with Crippen LogP contribution in [0, 0.1) is 0 Å². The Kier molecular flexibility index (Phi) is 20.1. The van der Waals surface area contributed by atoms with Gasteiger partial charge in [0.15, 0.2) is 5.44 Å². The van der Waals surface area contributed by atoms with Gasteiger partial charge in [-0.05, 0) is 55.4 Å². The van der Waals surface area contributed by atoms with Crippen LogP contribution < -0.4 is 34.3 Å². The third kappa shape index (κ3) is 15.5. The molecule has 0 bridgehead atoms. The van der Waals surface area contributed by atoms with Crippen LogP contribution in [0.1, 0.15) is 128 Å². The van der Waals surface area contributed by atoms with Crippen LogP contribution in [0.2, 0.25) is 0 Å². The molecule has 0 saturated carbocycles. The van der Waals surface area contributed by atoms with Gasteiger partial charge in [-0.1, -0.05) is 104 Å². The summed E-state index contributed by atoms with van der Waals surface area (Å²) in [7, 11) is -4.47. The fourth-order valence-electron chi connectivity index (χ4n) is 4.20. The van der Waals surface area contributed by atoms with Crippen molar-refractivity contribution in [2.24, 2.45) is 0 Å². The van der Waals surface area contributed by atoms with E-state index >= 15 is 0 Å². The van der Waals surface area contributed by atoms with Gasteiger partial charge in [0.2, 0.25) is 0 Å². The summed E-state index contributed by atoms with van der Waals surface area (Å²) in [6, 6.07) is 5.88. The Morgan fingerprint density at radius 2 is 1.18 bits per heavy atom. The predicted molar refractivity (Wildman–Crippen MR) is 134 cm³/mol. The van der Waals surface area contributed by atoms with E-state index in [9.17, 15) is 13.0 Å². The van der Waals surface area contributed by atoms with Gasteiger partial charge in [-0.3, -0.25) is 0 Å². The van der Waals surface area contributed by atoms with Crippen molar-refractivity contribution in [3.8, 4) is 5.75 Å². The van der Waals surface area contributed by atoms with Gasteiger partial charge < -0.3 is 9.29 Å². The second-order valence-electron chi connectivity index (χ2n) is 9.12. The normalized spacial score (nSPS) is 12.4. The van der Waals surface area contributed by atoms with Crippen molar-refractivity contribution < 1.29 is 47.3 Å². The van der Waals surface area contributed by atoms with E-state index in [-0.39, 0.29) is 36.0 Å². The van der Waals surface area contributed by atoms with Crippen LogP contribution in [0.3, 0.4) is 0 Å². The minimum Gasteiger partial charge on any atom is -0.745 e. The number of ether oxygens (including phenoxy) is 1. The summed E-state index contributed by atoms with van der Waals surface area (Å²) in [5, 5.41) is 0. The third-order valence-electron chi connectivity index (χ3n) is 6.20. The molecule has 0 fully saturated rings. The first kappa shape index (κ1) is 32.9. The molecule has 0 radical (unpaired) electrons. The van der Waals surface area contributed by atoms with Gasteiger partial charge in [0.25, 0.3) is 0 Å². The molecule has 0 saturated heterocycles. The molecule has 0 heterocycles. The number of hydrogen-bond acceptors (Lipinski definition) is 4. The molecule has 0 N–H and O–H groups in total. The molecule has 0 aromatic heterocycles. The Morgan fingerprint density at radius 3 is 1.64 bits per heavy atom. The van der Waals surface area contributed by atoms with Crippen molar-refractivity contribution in [1.82, 2.24) is 0 Å². The van der Waals surface area contributed by atoms with Gasteiger partial charge in [0, 0.05) is 0 Å². The van der Waals surface area contributed by atoms with Gasteiger partial charge in [-0.25, -0.2) is 8.42 Å². The minimum absolute atomic E-state index is 0. The minimum atomic E-state index is -4.47. The maximum Gasteiger partial charge on any atom is 1.00 e. The van der Waals surface area contributed by atoms with Crippen molar-refractivity contribution in [3.63, 3.8) is 0 Å². The average Bonchev–Trinajstić information content (AvgIpc) is 2.76. The van der Waals surface area contributed by atoms with Crippen LogP contribution in [-0.4, -0.2) is 18.4 Å². The molecule has 1 aromatic rings. The number of hydrogen-bond donors (Lipinski definition) is 0. The first-order valence-corrected chi connectivity index (χ1v) is 14.6. The van der Waals surface area contributed by atoms with Crippen molar-refractivity contribution in [1.29, 1.82) is 0 Å². The Bertz CT molecular complexity index is 706. The van der Waals surface area contributed by atoms with E-state index in [0.29, 0.717) is 5.75 Å². The number of aryl methyl sites for hydroxylation is 2. The smallest absolute Gasteiger partial charge is 0.745 e. The Hall–Kier alpha value is -0.0700. The largest absolute Gasteiger partial charge is 1.00 e. The maximum absolute atomic E-state index is 11.4. The van der Waals surface area contributed by atoms with Crippen LogP contribution in [0.25, 0.3) is 0 Å². The van der Waals surface area contributed by atoms with E-state index in [1.807, 2.05) is 12.1 Å². The molecule has 0 amide bonds. The first-order valence-electron chi connectivity index (χ1n) is 13.2. The van der Waals surface area contributed by atoms with E-state index in [1.165, 1.54) is 94.6 Å². The summed E-state index contributed by atoms with van der Waals surface area (Å²) in [5.41, 5.74) is 1.28. The monoisotopic (exact) mass is 490 g/mol. The molecule has 1 rings (SSSR count). The van der Waals surface area contributed by atoms with Crippen molar-refractivity contribution >= 4 is 10.1 Å². The van der Waals surface area contributed by atoms with Crippen molar-refractivity contribution in [2.45, 2.75) is 135 Å². The molecule has 186 valence electrons. The van der Waals surface area contributed by atoms with Gasteiger partial charge in [0.1, 0.15) is 15.9 Å². The Labute approximate surface area is 226 Å². The molecule has 1 aromatic carbocycles. The molecule has 0 spiro atoms. The zero-order chi connectivity index (χ0) is 23.7. The van der Waals surface area contributed by atoms with Crippen LogP contribution >= 0.6 is 0 Å². The molecule has 1 atom stereocenters. The van der Waals surface area contributed by atoms with E-state index in [4.69, 9.17) is 4.74 Å². The van der Waals surface area contributed by atoms with E-state index in [2.05, 4.69) is 19.9 Å².